The van der Waals surface area contributed by atoms with Crippen molar-refractivity contribution in [1.82, 2.24) is 0 Å². The highest BCUT2D eigenvalue weighted by atomic mass is 28.4. The molecule has 0 atom stereocenters. The van der Waals surface area contributed by atoms with Crippen LogP contribution in [0.15, 0.2) is 36.8 Å². The van der Waals surface area contributed by atoms with Gasteiger partial charge in [-0.05, 0) is 6.42 Å². The summed E-state index contributed by atoms with van der Waals surface area (Å²) in [6.45, 7) is 17.0. The highest BCUT2D eigenvalue weighted by molar-refractivity contribution is 7.03. The summed E-state index contributed by atoms with van der Waals surface area (Å²) in [5.41, 5.74) is 7.31. The zero-order valence-electron chi connectivity index (χ0n) is 12.4. The molecule has 0 aliphatic rings. The number of carbonyl (C=O) groups excluding carboxylic acids is 1. The van der Waals surface area contributed by atoms with Crippen molar-refractivity contribution in [3.63, 3.8) is 0 Å². The van der Waals surface area contributed by atoms with Gasteiger partial charge in [0.15, 0.2) is 0 Å². The summed E-state index contributed by atoms with van der Waals surface area (Å²) < 4.78 is 9.34. The monoisotopic (exact) mass is 298 g/mol. The Hall–Kier alpha value is -1.08. The van der Waals surface area contributed by atoms with Gasteiger partial charge in [-0.15, -0.1) is 19.7 Å². The van der Waals surface area contributed by atoms with Gasteiger partial charge in [0.25, 0.3) is 0 Å². The van der Waals surface area contributed by atoms with Crippen molar-refractivity contribution < 1.29 is 14.3 Å². The first-order valence-electron chi connectivity index (χ1n) is 6.46. The molecule has 0 aliphatic heterocycles. The summed E-state index contributed by atoms with van der Waals surface area (Å²) in [7, 11) is -1.77. The van der Waals surface area contributed by atoms with Gasteiger partial charge in [0.1, 0.15) is 8.07 Å². The molecule has 0 aliphatic carbocycles. The van der Waals surface area contributed by atoms with Gasteiger partial charge in [0.2, 0.25) is 0 Å². The molecule has 0 aromatic heterocycles. The lowest BCUT2D eigenvalue weighted by atomic mass is 10.5. The second kappa shape index (κ2) is 8.17. The summed E-state index contributed by atoms with van der Waals surface area (Å²) in [5.74, 6) is 0. The van der Waals surface area contributed by atoms with E-state index in [1.807, 2.05) is 17.1 Å². The van der Waals surface area contributed by atoms with E-state index < -0.39 is 22.3 Å². The average molecular weight is 299 g/mol. The molecule has 0 heterocycles. The zero-order chi connectivity index (χ0) is 14.9. The molecule has 0 fully saturated rings. The Morgan fingerprint density at radius 1 is 1.16 bits per heavy atom. The molecular weight excluding hydrogens is 272 g/mol. The lowest BCUT2D eigenvalue weighted by molar-refractivity contribution is 0.0728. The van der Waals surface area contributed by atoms with Gasteiger partial charge in [-0.25, -0.2) is 4.79 Å². The summed E-state index contributed by atoms with van der Waals surface area (Å²) in [6.07, 6.45) is 0.274. The molecule has 0 saturated carbocycles. The number of carbonyl (C=O) groups is 1. The van der Waals surface area contributed by atoms with E-state index in [0.717, 1.165) is 18.1 Å². The van der Waals surface area contributed by atoms with Crippen LogP contribution in [0.1, 0.15) is 6.42 Å². The topological polar surface area (TPSA) is 35.5 Å². The van der Waals surface area contributed by atoms with Crippen molar-refractivity contribution in [3.05, 3.63) is 36.8 Å². The number of rotatable bonds is 9. The summed E-state index contributed by atoms with van der Waals surface area (Å²) in [5, 5.41) is 0. The smallest absolute Gasteiger partial charge is 0.438 e. The lowest BCUT2D eigenvalue weighted by Gasteiger charge is -2.31. The minimum absolute atomic E-state index is 0.425. The molecule has 3 nitrogen and oxygen atoms in total. The number of methoxy groups -OCH3 is 1. The number of ether oxygens (including phenoxy) is 2. The third-order valence-electron chi connectivity index (χ3n) is 3.31. The van der Waals surface area contributed by atoms with E-state index in [1.54, 1.807) is 0 Å². The van der Waals surface area contributed by atoms with Crippen LogP contribution in [0, 0.1) is 0 Å². The maximum Gasteiger partial charge on any atom is 0.507 e. The molecule has 0 rings (SSSR count). The van der Waals surface area contributed by atoms with Gasteiger partial charge in [-0.3, -0.25) is 0 Å². The maximum atomic E-state index is 10.8. The molecule has 0 spiro atoms. The van der Waals surface area contributed by atoms with Gasteiger partial charge >= 0.3 is 6.16 Å². The highest BCUT2D eigenvalue weighted by Crippen LogP contribution is 2.26. The van der Waals surface area contributed by atoms with Crippen molar-refractivity contribution >= 4 is 22.3 Å². The van der Waals surface area contributed by atoms with Crippen LogP contribution in [0.4, 0.5) is 4.79 Å². The van der Waals surface area contributed by atoms with Crippen molar-refractivity contribution in [3.8, 4) is 0 Å². The minimum Gasteiger partial charge on any atom is -0.438 e. The van der Waals surface area contributed by atoms with Crippen LogP contribution in [-0.2, 0) is 9.47 Å². The van der Waals surface area contributed by atoms with E-state index in [1.165, 1.54) is 7.11 Å². The predicted molar refractivity (Wildman–Crippen MR) is 86.4 cm³/mol. The molecule has 0 unspecified atom stereocenters. The number of hydrogen-bond donors (Lipinski definition) is 0. The zero-order valence-corrected chi connectivity index (χ0v) is 14.4. The van der Waals surface area contributed by atoms with Crippen LogP contribution in [0.3, 0.4) is 0 Å². The fourth-order valence-corrected chi connectivity index (χ4v) is 12.8. The average Bonchev–Trinajstić information content (AvgIpc) is 2.40. The van der Waals surface area contributed by atoms with E-state index >= 15 is 0 Å². The molecule has 5 heteroatoms. The van der Waals surface area contributed by atoms with Crippen LogP contribution >= 0.6 is 0 Å². The molecule has 0 N–H and O–H groups in total. The Balaban J connectivity index is 4.31. The van der Waals surface area contributed by atoms with Crippen molar-refractivity contribution in [2.75, 3.05) is 13.7 Å². The molecule has 108 valence electrons. The quantitative estimate of drug-likeness (QED) is 0.366. The standard InChI is InChI=1S/C14H26O3Si2/c1-7-19(8-2,9-3)13-18(5,6)12-10-11-17-14(15)16-4/h7-9H,1-3,10-13H2,4-6H3. The van der Waals surface area contributed by atoms with Crippen LogP contribution in [0.25, 0.3) is 0 Å². The Bertz CT molecular complexity index is 316. The van der Waals surface area contributed by atoms with Crippen molar-refractivity contribution in [2.45, 2.75) is 31.2 Å². The lowest BCUT2D eigenvalue weighted by Crippen LogP contribution is -2.40. The molecule has 0 aromatic carbocycles. The Labute approximate surface area is 119 Å². The summed E-state index contributed by atoms with van der Waals surface area (Å²) >= 11 is 0. The Kier molecular flexibility index (Phi) is 7.70. The molecule has 19 heavy (non-hydrogen) atoms. The van der Waals surface area contributed by atoms with Gasteiger partial charge in [-0.1, -0.05) is 41.9 Å². The third-order valence-corrected chi connectivity index (χ3v) is 13.6. The van der Waals surface area contributed by atoms with Crippen molar-refractivity contribution in [2.24, 2.45) is 0 Å². The largest absolute Gasteiger partial charge is 0.507 e. The second-order valence-electron chi connectivity index (χ2n) is 5.47. The van der Waals surface area contributed by atoms with Crippen LogP contribution in [-0.4, -0.2) is 36.0 Å². The van der Waals surface area contributed by atoms with E-state index in [2.05, 4.69) is 37.6 Å². The van der Waals surface area contributed by atoms with E-state index in [0.29, 0.717) is 6.61 Å². The number of hydrogen-bond acceptors (Lipinski definition) is 3. The molecule has 0 radical (unpaired) electrons. The van der Waals surface area contributed by atoms with E-state index in [9.17, 15) is 4.79 Å². The van der Waals surface area contributed by atoms with Gasteiger partial charge < -0.3 is 9.47 Å². The van der Waals surface area contributed by atoms with Gasteiger partial charge in [0.05, 0.1) is 13.7 Å². The third kappa shape index (κ3) is 6.59. The molecule has 0 amide bonds. The van der Waals surface area contributed by atoms with Crippen molar-refractivity contribution in [1.29, 1.82) is 0 Å². The van der Waals surface area contributed by atoms with Gasteiger partial charge in [-0.2, -0.15) is 0 Å². The fourth-order valence-electron chi connectivity index (χ4n) is 2.15. The van der Waals surface area contributed by atoms with E-state index in [4.69, 9.17) is 4.74 Å². The maximum absolute atomic E-state index is 10.8. The molecule has 0 bridgehead atoms. The second-order valence-corrected chi connectivity index (χ2v) is 15.2. The fraction of sp³-hybridized carbons (Fsp3) is 0.500. The first kappa shape index (κ1) is 17.9. The molecule has 0 saturated heterocycles. The Morgan fingerprint density at radius 3 is 2.11 bits per heavy atom. The highest BCUT2D eigenvalue weighted by Gasteiger charge is 2.32. The normalized spacial score (nSPS) is 11.5. The predicted octanol–water partition coefficient (Wildman–Crippen LogP) is 4.03. The van der Waals surface area contributed by atoms with Crippen LogP contribution in [0.5, 0.6) is 0 Å². The summed E-state index contributed by atoms with van der Waals surface area (Å²) in [6, 6.07) is 1.11. The van der Waals surface area contributed by atoms with Crippen LogP contribution < -0.4 is 0 Å². The first-order valence-corrected chi connectivity index (χ1v) is 12.3. The first-order chi connectivity index (χ1) is 8.84. The summed E-state index contributed by atoms with van der Waals surface area (Å²) in [4.78, 5) is 10.8. The Morgan fingerprint density at radius 2 is 1.68 bits per heavy atom. The van der Waals surface area contributed by atoms with Gasteiger partial charge in [0, 0.05) is 8.07 Å². The molecular formula is C14H26O3Si2. The minimum atomic E-state index is -1.72. The SMILES string of the molecule is C=C[Si](C=C)(C=C)C[Si](C)(C)CCCOC(=O)OC. The van der Waals surface area contributed by atoms with E-state index in [-0.39, 0.29) is 0 Å². The van der Waals surface area contributed by atoms with Crippen LogP contribution in [0.2, 0.25) is 24.8 Å². The molecule has 0 aromatic rings.